The van der Waals surface area contributed by atoms with Gasteiger partial charge in [0.25, 0.3) is 0 Å². The lowest BCUT2D eigenvalue weighted by Gasteiger charge is -2.28. The van der Waals surface area contributed by atoms with Crippen molar-refractivity contribution < 1.29 is 0 Å². The Bertz CT molecular complexity index is 4470. The molecule has 13 aromatic carbocycles. The number of benzene rings is 13. The monoisotopic (exact) mass is 1010 g/mol. The number of anilines is 3. The van der Waals surface area contributed by atoms with Gasteiger partial charge in [-0.25, -0.2) is 0 Å². The van der Waals surface area contributed by atoms with Crippen molar-refractivity contribution >= 4 is 71.4 Å². The summed E-state index contributed by atoms with van der Waals surface area (Å²) >= 11 is 0. The molecule has 15 rings (SSSR count). The van der Waals surface area contributed by atoms with E-state index in [1.807, 2.05) is 0 Å². The summed E-state index contributed by atoms with van der Waals surface area (Å²) in [6.07, 6.45) is 0. The van der Waals surface area contributed by atoms with Crippen LogP contribution in [0.4, 0.5) is 17.1 Å². The molecule has 0 amide bonds. The summed E-state index contributed by atoms with van der Waals surface area (Å²) in [5.74, 6) is 0. The van der Waals surface area contributed by atoms with E-state index in [9.17, 15) is 0 Å². The van der Waals surface area contributed by atoms with E-state index in [2.05, 4.69) is 323 Å². The molecule has 15 aromatic rings. The normalized spacial score (nSPS) is 11.5. The molecule has 0 aliphatic rings. The second-order valence-corrected chi connectivity index (χ2v) is 20.5. The minimum atomic E-state index is 1.08. The van der Waals surface area contributed by atoms with Crippen LogP contribution in [0, 0.1) is 0 Å². The second-order valence-electron chi connectivity index (χ2n) is 20.5. The van der Waals surface area contributed by atoms with Gasteiger partial charge in [-0.1, -0.05) is 212 Å². The molecule has 0 radical (unpaired) electrons. The van der Waals surface area contributed by atoms with Crippen molar-refractivity contribution in [2.45, 2.75) is 0 Å². The number of nitrogens with zero attached hydrogens (tertiary/aromatic N) is 3. The second kappa shape index (κ2) is 19.3. The fourth-order valence-electron chi connectivity index (χ4n) is 12.2. The molecule has 0 aliphatic heterocycles. The molecule has 0 atom stereocenters. The molecule has 2 aromatic heterocycles. The predicted octanol–water partition coefficient (Wildman–Crippen LogP) is 20.8. The average Bonchev–Trinajstić information content (AvgIpc) is 4.30. The minimum absolute atomic E-state index is 1.08. The fraction of sp³-hybridized carbons (Fsp3) is 0. The van der Waals surface area contributed by atoms with Crippen molar-refractivity contribution in [3.63, 3.8) is 0 Å². The number of hydrogen-bond donors (Lipinski definition) is 0. The van der Waals surface area contributed by atoms with Gasteiger partial charge < -0.3 is 14.0 Å². The first kappa shape index (κ1) is 45.9. The summed E-state index contributed by atoms with van der Waals surface area (Å²) in [5, 5.41) is 7.28. The predicted molar refractivity (Wildman–Crippen MR) is 334 cm³/mol. The Labute approximate surface area is 459 Å². The van der Waals surface area contributed by atoms with Crippen molar-refractivity contribution in [3.05, 3.63) is 309 Å². The number of aromatic nitrogens is 2. The van der Waals surface area contributed by atoms with Crippen LogP contribution in [0.2, 0.25) is 0 Å². The van der Waals surface area contributed by atoms with Crippen LogP contribution in [0.25, 0.3) is 121 Å². The third-order valence-electron chi connectivity index (χ3n) is 15.9. The number of fused-ring (bicyclic) bond motifs is 7. The minimum Gasteiger partial charge on any atom is -0.310 e. The van der Waals surface area contributed by atoms with E-state index in [4.69, 9.17) is 0 Å². The van der Waals surface area contributed by atoms with Crippen LogP contribution in [-0.2, 0) is 0 Å². The van der Waals surface area contributed by atoms with Gasteiger partial charge in [-0.2, -0.15) is 0 Å². The Morgan fingerprint density at radius 1 is 0.203 bits per heavy atom. The lowest BCUT2D eigenvalue weighted by molar-refractivity contribution is 1.18. The molecule has 0 unspecified atom stereocenters. The first-order valence-electron chi connectivity index (χ1n) is 27.1. The standard InChI is InChI=1S/C76H51N3/c1-5-19-52(20-6-1)54-33-39-63(40-34-54)77(64-41-35-55(36-42-64)53-21-7-2-8-22-53)74-46-45-65(66-27-13-14-28-67(66)74)60-48-58(56-37-43-70-68-29-15-17-31-72(68)78(75(70)50-56)61-23-9-3-10-24-61)47-59(49-60)57-38-44-71-69-30-16-18-32-73(69)79(76(71)51-57)62-25-11-4-12-26-62/h1-51H. The number of para-hydroxylation sites is 4. The van der Waals surface area contributed by atoms with Crippen LogP contribution in [-0.4, -0.2) is 9.13 Å². The first-order valence-corrected chi connectivity index (χ1v) is 27.1. The van der Waals surface area contributed by atoms with Crippen LogP contribution in [0.1, 0.15) is 0 Å². The van der Waals surface area contributed by atoms with Gasteiger partial charge in [0.1, 0.15) is 0 Å². The summed E-state index contributed by atoms with van der Waals surface area (Å²) in [5.41, 5.74) is 22.0. The Morgan fingerprint density at radius 2 is 0.557 bits per heavy atom. The highest BCUT2D eigenvalue weighted by atomic mass is 15.1. The summed E-state index contributed by atoms with van der Waals surface area (Å²) in [6, 6.07) is 113. The van der Waals surface area contributed by atoms with Gasteiger partial charge in [0.05, 0.1) is 27.8 Å². The topological polar surface area (TPSA) is 13.1 Å². The molecule has 79 heavy (non-hydrogen) atoms. The van der Waals surface area contributed by atoms with Crippen LogP contribution < -0.4 is 4.90 Å². The zero-order valence-electron chi connectivity index (χ0n) is 43.3. The Balaban J connectivity index is 0.936. The van der Waals surface area contributed by atoms with Gasteiger partial charge in [-0.3, -0.25) is 0 Å². The fourth-order valence-corrected chi connectivity index (χ4v) is 12.2. The van der Waals surface area contributed by atoms with E-state index in [1.165, 1.54) is 76.8 Å². The molecular weight excluding hydrogens is 955 g/mol. The summed E-state index contributed by atoms with van der Waals surface area (Å²) in [7, 11) is 0. The smallest absolute Gasteiger partial charge is 0.0547 e. The van der Waals surface area contributed by atoms with Crippen LogP contribution >= 0.6 is 0 Å². The SMILES string of the molecule is c1ccc(-c2ccc(N(c3ccc(-c4ccccc4)cc3)c3ccc(-c4cc(-c5ccc6c7ccccc7n(-c7ccccc7)c6c5)cc(-c5ccc6c7ccccc7n(-c7ccccc7)c6c5)c4)c4ccccc34)cc2)cc1. The van der Waals surface area contributed by atoms with Gasteiger partial charge in [0.15, 0.2) is 0 Å². The third-order valence-corrected chi connectivity index (χ3v) is 15.9. The molecule has 370 valence electrons. The summed E-state index contributed by atoms with van der Waals surface area (Å²) in [4.78, 5) is 2.42. The maximum absolute atomic E-state index is 2.42. The van der Waals surface area contributed by atoms with Crippen LogP contribution in [0.15, 0.2) is 309 Å². The quantitative estimate of drug-likeness (QED) is 0.133. The highest BCUT2D eigenvalue weighted by Crippen LogP contribution is 2.45. The highest BCUT2D eigenvalue weighted by molar-refractivity contribution is 6.12. The van der Waals surface area contributed by atoms with Gasteiger partial charge in [0, 0.05) is 49.7 Å². The first-order chi connectivity index (χ1) is 39.2. The molecule has 0 spiro atoms. The van der Waals surface area contributed by atoms with Crippen LogP contribution in [0.3, 0.4) is 0 Å². The van der Waals surface area contributed by atoms with Gasteiger partial charge in [-0.15, -0.1) is 0 Å². The Kier molecular flexibility index (Phi) is 11.2. The molecule has 0 aliphatic carbocycles. The van der Waals surface area contributed by atoms with Gasteiger partial charge >= 0.3 is 0 Å². The lowest BCUT2D eigenvalue weighted by atomic mass is 9.90. The highest BCUT2D eigenvalue weighted by Gasteiger charge is 2.21. The zero-order valence-corrected chi connectivity index (χ0v) is 43.3. The molecule has 0 bridgehead atoms. The van der Waals surface area contributed by atoms with Gasteiger partial charge in [0.2, 0.25) is 0 Å². The maximum Gasteiger partial charge on any atom is 0.0547 e. The Hall–Kier alpha value is -10.5. The van der Waals surface area contributed by atoms with Gasteiger partial charge in [-0.05, 0) is 158 Å². The molecule has 0 saturated carbocycles. The molecule has 2 heterocycles. The summed E-state index contributed by atoms with van der Waals surface area (Å²) < 4.78 is 4.83. The molecule has 0 N–H and O–H groups in total. The molecule has 0 saturated heterocycles. The van der Waals surface area contributed by atoms with E-state index < -0.39 is 0 Å². The van der Waals surface area contributed by atoms with Crippen LogP contribution in [0.5, 0.6) is 0 Å². The largest absolute Gasteiger partial charge is 0.310 e. The average molecular weight is 1010 g/mol. The molecule has 3 heteroatoms. The van der Waals surface area contributed by atoms with Crippen molar-refractivity contribution in [2.75, 3.05) is 4.90 Å². The third kappa shape index (κ3) is 8.07. The van der Waals surface area contributed by atoms with E-state index in [0.29, 0.717) is 0 Å². The molecule has 0 fully saturated rings. The van der Waals surface area contributed by atoms with E-state index >= 15 is 0 Å². The lowest BCUT2D eigenvalue weighted by Crippen LogP contribution is -2.10. The number of hydrogen-bond acceptors (Lipinski definition) is 1. The van der Waals surface area contributed by atoms with Crippen molar-refractivity contribution in [3.8, 4) is 67.0 Å². The van der Waals surface area contributed by atoms with Crippen molar-refractivity contribution in [1.29, 1.82) is 0 Å². The maximum atomic E-state index is 2.42. The van der Waals surface area contributed by atoms with E-state index in [0.717, 1.165) is 61.6 Å². The number of rotatable bonds is 10. The van der Waals surface area contributed by atoms with Crippen molar-refractivity contribution in [1.82, 2.24) is 9.13 Å². The van der Waals surface area contributed by atoms with E-state index in [-0.39, 0.29) is 0 Å². The van der Waals surface area contributed by atoms with E-state index in [1.54, 1.807) is 0 Å². The molecular formula is C76H51N3. The summed E-state index contributed by atoms with van der Waals surface area (Å²) in [6.45, 7) is 0. The van der Waals surface area contributed by atoms with Crippen molar-refractivity contribution in [2.24, 2.45) is 0 Å². The zero-order chi connectivity index (χ0) is 52.2. The Morgan fingerprint density at radius 3 is 1.03 bits per heavy atom. The molecule has 3 nitrogen and oxygen atoms in total.